The van der Waals surface area contributed by atoms with E-state index in [1.54, 1.807) is 0 Å². The zero-order valence-electron chi connectivity index (χ0n) is 19.0. The van der Waals surface area contributed by atoms with E-state index in [4.69, 9.17) is 0 Å². The van der Waals surface area contributed by atoms with Gasteiger partial charge in [-0.15, -0.1) is 0 Å². The third kappa shape index (κ3) is 9.61. The van der Waals surface area contributed by atoms with Crippen molar-refractivity contribution < 1.29 is 0 Å². The predicted octanol–water partition coefficient (Wildman–Crippen LogP) is 2.09. The first-order valence-electron chi connectivity index (χ1n) is 11.2. The Kier molecular flexibility index (Phi) is 11.1. The first-order chi connectivity index (χ1) is 14.1. The number of likely N-dealkylation sites (N-methyl/N-ethyl adjacent to an activating group) is 1. The fourth-order valence-electron chi connectivity index (χ4n) is 3.70. The van der Waals surface area contributed by atoms with Crippen LogP contribution < -0.4 is 10.6 Å². The summed E-state index contributed by atoms with van der Waals surface area (Å²) in [5, 5.41) is 6.93. The summed E-state index contributed by atoms with van der Waals surface area (Å²) >= 11 is 0. The summed E-state index contributed by atoms with van der Waals surface area (Å²) in [6.45, 7) is 11.2. The highest BCUT2D eigenvalue weighted by Crippen LogP contribution is 2.08. The normalized spacial score (nSPS) is 17.9. The number of nitrogens with zero attached hydrogens (tertiary/aromatic N) is 4. The van der Waals surface area contributed by atoms with Gasteiger partial charge >= 0.3 is 0 Å². The van der Waals surface area contributed by atoms with Gasteiger partial charge in [0, 0.05) is 45.8 Å². The van der Waals surface area contributed by atoms with Crippen LogP contribution in [0.1, 0.15) is 31.7 Å². The first-order valence-corrected chi connectivity index (χ1v) is 11.2. The maximum atomic E-state index is 4.37. The Morgan fingerprint density at radius 2 is 1.86 bits per heavy atom. The van der Waals surface area contributed by atoms with Crippen LogP contribution in [0.4, 0.5) is 0 Å². The lowest BCUT2D eigenvalue weighted by Crippen LogP contribution is -2.41. The van der Waals surface area contributed by atoms with Crippen molar-refractivity contribution in [1.29, 1.82) is 0 Å². The SMILES string of the molecule is CN=C(NCCCN1CCCN(C)CC1)NCCC(C)N(C)Cc1ccccc1. The largest absolute Gasteiger partial charge is 0.356 e. The Morgan fingerprint density at radius 1 is 1.10 bits per heavy atom. The lowest BCUT2D eigenvalue weighted by Gasteiger charge is -2.25. The number of hydrogen-bond donors (Lipinski definition) is 2. The van der Waals surface area contributed by atoms with Gasteiger partial charge in [0.25, 0.3) is 0 Å². The average molecular weight is 403 g/mol. The molecule has 1 unspecified atom stereocenters. The molecular weight excluding hydrogens is 360 g/mol. The molecule has 1 saturated heterocycles. The van der Waals surface area contributed by atoms with E-state index < -0.39 is 0 Å². The van der Waals surface area contributed by atoms with E-state index in [0.717, 1.165) is 38.4 Å². The molecule has 1 heterocycles. The van der Waals surface area contributed by atoms with Crippen molar-refractivity contribution in [3.05, 3.63) is 35.9 Å². The van der Waals surface area contributed by atoms with E-state index in [0.29, 0.717) is 6.04 Å². The zero-order chi connectivity index (χ0) is 20.9. The Morgan fingerprint density at radius 3 is 2.62 bits per heavy atom. The van der Waals surface area contributed by atoms with Crippen molar-refractivity contribution >= 4 is 5.96 Å². The van der Waals surface area contributed by atoms with Gasteiger partial charge in [-0.25, -0.2) is 0 Å². The quantitative estimate of drug-likeness (QED) is 0.356. The molecule has 0 amide bonds. The van der Waals surface area contributed by atoms with Crippen LogP contribution in [0, 0.1) is 0 Å². The summed E-state index contributed by atoms with van der Waals surface area (Å²) in [6.07, 6.45) is 3.52. The molecule has 0 aliphatic carbocycles. The highest BCUT2D eigenvalue weighted by atomic mass is 15.2. The predicted molar refractivity (Wildman–Crippen MR) is 125 cm³/mol. The number of benzene rings is 1. The number of guanidine groups is 1. The monoisotopic (exact) mass is 402 g/mol. The molecule has 1 aliphatic heterocycles. The third-order valence-electron chi connectivity index (χ3n) is 5.86. The van der Waals surface area contributed by atoms with Gasteiger partial charge in [-0.1, -0.05) is 30.3 Å². The van der Waals surface area contributed by atoms with E-state index >= 15 is 0 Å². The molecule has 1 aromatic carbocycles. The van der Waals surface area contributed by atoms with Crippen molar-refractivity contribution in [3.8, 4) is 0 Å². The fourth-order valence-corrected chi connectivity index (χ4v) is 3.70. The topological polar surface area (TPSA) is 46.1 Å². The minimum absolute atomic E-state index is 0.516. The van der Waals surface area contributed by atoms with E-state index in [1.807, 2.05) is 7.05 Å². The minimum atomic E-state index is 0.516. The van der Waals surface area contributed by atoms with E-state index in [2.05, 4.69) is 81.7 Å². The smallest absolute Gasteiger partial charge is 0.190 e. The molecule has 1 aromatic rings. The van der Waals surface area contributed by atoms with Crippen LogP contribution in [0.3, 0.4) is 0 Å². The molecule has 0 radical (unpaired) electrons. The number of nitrogens with one attached hydrogen (secondary N) is 2. The molecule has 2 N–H and O–H groups in total. The molecule has 6 heteroatoms. The Balaban J connectivity index is 1.57. The van der Waals surface area contributed by atoms with Gasteiger partial charge in [0.15, 0.2) is 5.96 Å². The molecule has 2 rings (SSSR count). The van der Waals surface area contributed by atoms with Crippen molar-refractivity contribution in [2.45, 2.75) is 38.8 Å². The summed E-state index contributed by atoms with van der Waals surface area (Å²) < 4.78 is 0. The molecule has 0 bridgehead atoms. The average Bonchev–Trinajstić information content (AvgIpc) is 2.94. The molecular formula is C23H42N6. The summed E-state index contributed by atoms with van der Waals surface area (Å²) in [5.74, 6) is 0.915. The van der Waals surface area contributed by atoms with Crippen LogP contribution in [-0.4, -0.2) is 93.7 Å². The van der Waals surface area contributed by atoms with E-state index in [1.165, 1.54) is 44.7 Å². The second-order valence-electron chi connectivity index (χ2n) is 8.32. The number of hydrogen-bond acceptors (Lipinski definition) is 4. The standard InChI is InChI=1S/C23H42N6/c1-21(28(4)20-22-10-6-5-7-11-22)12-14-26-23(24-2)25-13-8-16-29-17-9-15-27(3)18-19-29/h5-7,10-11,21H,8-9,12-20H2,1-4H3,(H2,24,25,26). The van der Waals surface area contributed by atoms with Crippen LogP contribution in [0.25, 0.3) is 0 Å². The van der Waals surface area contributed by atoms with E-state index in [-0.39, 0.29) is 0 Å². The number of rotatable bonds is 10. The second kappa shape index (κ2) is 13.6. The Labute approximate surface area is 178 Å². The fraction of sp³-hybridized carbons (Fsp3) is 0.696. The molecule has 164 valence electrons. The second-order valence-corrected chi connectivity index (χ2v) is 8.32. The van der Waals surface area contributed by atoms with Crippen LogP contribution in [-0.2, 0) is 6.54 Å². The van der Waals surface area contributed by atoms with Gasteiger partial charge in [0.1, 0.15) is 0 Å². The highest BCUT2D eigenvalue weighted by Gasteiger charge is 2.12. The summed E-state index contributed by atoms with van der Waals surface area (Å²) in [7, 11) is 6.28. The summed E-state index contributed by atoms with van der Waals surface area (Å²) in [5.41, 5.74) is 1.36. The van der Waals surface area contributed by atoms with Gasteiger partial charge in [-0.3, -0.25) is 9.89 Å². The lowest BCUT2D eigenvalue weighted by atomic mass is 10.1. The molecule has 1 atom stereocenters. The van der Waals surface area contributed by atoms with Crippen molar-refractivity contribution in [2.75, 3.05) is 67.0 Å². The summed E-state index contributed by atoms with van der Waals surface area (Å²) in [6, 6.07) is 11.2. The molecule has 0 aromatic heterocycles. The molecule has 1 fully saturated rings. The van der Waals surface area contributed by atoms with Crippen molar-refractivity contribution in [3.63, 3.8) is 0 Å². The minimum Gasteiger partial charge on any atom is -0.356 e. The summed E-state index contributed by atoms with van der Waals surface area (Å²) in [4.78, 5) is 11.8. The van der Waals surface area contributed by atoms with Gasteiger partial charge in [-0.2, -0.15) is 0 Å². The van der Waals surface area contributed by atoms with Crippen LogP contribution in [0.2, 0.25) is 0 Å². The van der Waals surface area contributed by atoms with Gasteiger partial charge in [-0.05, 0) is 65.5 Å². The molecule has 0 spiro atoms. The maximum Gasteiger partial charge on any atom is 0.190 e. The highest BCUT2D eigenvalue weighted by molar-refractivity contribution is 5.79. The Hall–Kier alpha value is -1.63. The van der Waals surface area contributed by atoms with Gasteiger partial charge in [0.2, 0.25) is 0 Å². The molecule has 1 aliphatic rings. The van der Waals surface area contributed by atoms with Crippen molar-refractivity contribution in [1.82, 2.24) is 25.3 Å². The van der Waals surface area contributed by atoms with Gasteiger partial charge in [0.05, 0.1) is 0 Å². The van der Waals surface area contributed by atoms with Gasteiger partial charge < -0.3 is 20.4 Å². The van der Waals surface area contributed by atoms with Crippen LogP contribution in [0.15, 0.2) is 35.3 Å². The first kappa shape index (κ1) is 23.6. The molecule has 29 heavy (non-hydrogen) atoms. The van der Waals surface area contributed by atoms with Crippen LogP contribution >= 0.6 is 0 Å². The molecule has 6 nitrogen and oxygen atoms in total. The third-order valence-corrected chi connectivity index (χ3v) is 5.86. The van der Waals surface area contributed by atoms with E-state index in [9.17, 15) is 0 Å². The molecule has 0 saturated carbocycles. The lowest BCUT2D eigenvalue weighted by molar-refractivity contribution is 0.238. The van der Waals surface area contributed by atoms with Crippen LogP contribution in [0.5, 0.6) is 0 Å². The zero-order valence-corrected chi connectivity index (χ0v) is 19.0. The number of aliphatic imine (C=N–C) groups is 1. The Bertz CT molecular complexity index is 576. The van der Waals surface area contributed by atoms with Crippen molar-refractivity contribution in [2.24, 2.45) is 4.99 Å². The maximum absolute atomic E-state index is 4.37.